The Morgan fingerprint density at radius 1 is 1.30 bits per heavy atom. The van der Waals surface area contributed by atoms with Crippen LogP contribution >= 0.6 is 0 Å². The molecule has 0 saturated heterocycles. The minimum absolute atomic E-state index is 0.210. The second-order valence-electron chi connectivity index (χ2n) is 4.63. The Labute approximate surface area is 116 Å². The first-order valence-corrected chi connectivity index (χ1v) is 6.30. The number of hydrogen-bond donors (Lipinski definition) is 3. The van der Waals surface area contributed by atoms with E-state index in [1.807, 2.05) is 25.2 Å². The number of quaternary nitrogens is 1. The first-order valence-electron chi connectivity index (χ1n) is 6.30. The number of carbonyl (C=O) groups excluding carboxylic acids is 2. The molecule has 0 spiro atoms. The molecule has 0 saturated carbocycles. The highest BCUT2D eigenvalue weighted by atomic mass is 16.7. The Bertz CT molecular complexity index is 518. The average molecular weight is 280 g/mol. The summed E-state index contributed by atoms with van der Waals surface area (Å²) in [6, 6.07) is 5.21. The maximum absolute atomic E-state index is 11.6. The van der Waals surface area contributed by atoms with Crippen molar-refractivity contribution in [3.05, 3.63) is 23.8 Å². The monoisotopic (exact) mass is 280 g/mol. The van der Waals surface area contributed by atoms with Gasteiger partial charge in [-0.3, -0.25) is 10.1 Å². The number of carbonyl (C=O) groups is 2. The average Bonchev–Trinajstić information content (AvgIpc) is 2.85. The molecule has 7 heteroatoms. The van der Waals surface area contributed by atoms with Crippen LogP contribution in [-0.4, -0.2) is 39.4 Å². The van der Waals surface area contributed by atoms with Crippen LogP contribution in [0.2, 0.25) is 0 Å². The van der Waals surface area contributed by atoms with Crippen molar-refractivity contribution >= 4 is 11.9 Å². The summed E-state index contributed by atoms with van der Waals surface area (Å²) in [7, 11) is 3.35. The number of likely N-dealkylation sites (N-methyl/N-ethyl adjacent to an activating group) is 1. The Kier molecular flexibility index (Phi) is 4.41. The molecule has 1 unspecified atom stereocenters. The zero-order valence-electron chi connectivity index (χ0n) is 11.5. The van der Waals surface area contributed by atoms with Gasteiger partial charge < -0.3 is 19.7 Å². The molecule has 2 rings (SSSR count). The smallest absolute Gasteiger partial charge is 0.321 e. The molecule has 1 aliphatic heterocycles. The van der Waals surface area contributed by atoms with E-state index < -0.39 is 6.03 Å². The van der Waals surface area contributed by atoms with Crippen molar-refractivity contribution in [1.29, 1.82) is 0 Å². The zero-order chi connectivity index (χ0) is 14.5. The third kappa shape index (κ3) is 3.61. The quantitative estimate of drug-likeness (QED) is 0.653. The van der Waals surface area contributed by atoms with Gasteiger partial charge in [0.1, 0.15) is 6.54 Å². The minimum atomic E-state index is -0.495. The molecule has 1 heterocycles. The third-order valence-corrected chi connectivity index (χ3v) is 2.89. The number of amides is 3. The van der Waals surface area contributed by atoms with Gasteiger partial charge in [0.25, 0.3) is 5.91 Å². The number of hydrogen-bond acceptors (Lipinski definition) is 4. The molecule has 0 bridgehead atoms. The van der Waals surface area contributed by atoms with E-state index in [2.05, 4.69) is 10.6 Å². The van der Waals surface area contributed by atoms with E-state index >= 15 is 0 Å². The fourth-order valence-corrected chi connectivity index (χ4v) is 1.97. The lowest BCUT2D eigenvalue weighted by molar-refractivity contribution is -0.885. The van der Waals surface area contributed by atoms with Crippen molar-refractivity contribution in [1.82, 2.24) is 10.6 Å². The van der Waals surface area contributed by atoms with E-state index in [4.69, 9.17) is 9.47 Å². The number of fused-ring (bicyclic) bond motifs is 1. The van der Waals surface area contributed by atoms with Crippen molar-refractivity contribution in [2.75, 3.05) is 27.4 Å². The normalized spacial score (nSPS) is 13.7. The van der Waals surface area contributed by atoms with E-state index in [0.29, 0.717) is 6.54 Å². The molecule has 0 fully saturated rings. The largest absolute Gasteiger partial charge is 0.454 e. The van der Waals surface area contributed by atoms with Gasteiger partial charge in [0.2, 0.25) is 6.79 Å². The van der Waals surface area contributed by atoms with Crippen LogP contribution in [0.3, 0.4) is 0 Å². The van der Waals surface area contributed by atoms with Crippen LogP contribution in [0, 0.1) is 0 Å². The molecule has 1 aromatic rings. The summed E-state index contributed by atoms with van der Waals surface area (Å²) in [4.78, 5) is 23.5. The molecule has 3 amide bonds. The van der Waals surface area contributed by atoms with E-state index in [9.17, 15) is 9.59 Å². The van der Waals surface area contributed by atoms with Crippen LogP contribution in [0.1, 0.15) is 5.56 Å². The summed E-state index contributed by atoms with van der Waals surface area (Å²) in [5.41, 5.74) is 1.04. The van der Waals surface area contributed by atoms with Gasteiger partial charge in [-0.15, -0.1) is 0 Å². The topological polar surface area (TPSA) is 81.1 Å². The molecule has 1 aromatic carbocycles. The maximum atomic E-state index is 11.6. The number of urea groups is 1. The Morgan fingerprint density at radius 3 is 2.80 bits per heavy atom. The lowest BCUT2D eigenvalue weighted by atomic mass is 10.2. The van der Waals surface area contributed by atoms with E-state index in [1.165, 1.54) is 7.05 Å². The van der Waals surface area contributed by atoms with Crippen LogP contribution in [0.4, 0.5) is 4.79 Å². The van der Waals surface area contributed by atoms with Gasteiger partial charge >= 0.3 is 6.03 Å². The van der Waals surface area contributed by atoms with Gasteiger partial charge in [-0.2, -0.15) is 0 Å². The van der Waals surface area contributed by atoms with Gasteiger partial charge in [0, 0.05) is 12.6 Å². The summed E-state index contributed by atoms with van der Waals surface area (Å²) in [6.07, 6.45) is 0. The zero-order valence-corrected chi connectivity index (χ0v) is 11.5. The molecule has 1 aliphatic rings. The summed E-state index contributed by atoms with van der Waals surface area (Å²) in [6.45, 7) is 1.11. The maximum Gasteiger partial charge on any atom is 0.321 e. The van der Waals surface area contributed by atoms with Crippen LogP contribution in [0.25, 0.3) is 0 Å². The summed E-state index contributed by atoms with van der Waals surface area (Å²) >= 11 is 0. The van der Waals surface area contributed by atoms with Crippen molar-refractivity contribution in [3.8, 4) is 11.5 Å². The number of imide groups is 1. The summed E-state index contributed by atoms with van der Waals surface area (Å²) < 4.78 is 10.5. The third-order valence-electron chi connectivity index (χ3n) is 2.89. The van der Waals surface area contributed by atoms with E-state index in [1.54, 1.807) is 0 Å². The highest BCUT2D eigenvalue weighted by molar-refractivity contribution is 5.94. The van der Waals surface area contributed by atoms with Crippen LogP contribution in [0.15, 0.2) is 18.2 Å². The fraction of sp³-hybridized carbons (Fsp3) is 0.385. The van der Waals surface area contributed by atoms with Crippen molar-refractivity contribution < 1.29 is 24.0 Å². The number of nitrogens with one attached hydrogen (secondary N) is 3. The molecule has 0 aliphatic carbocycles. The Balaban J connectivity index is 1.86. The lowest BCUT2D eigenvalue weighted by Crippen LogP contribution is -3.09. The second kappa shape index (κ2) is 6.25. The first-order chi connectivity index (χ1) is 9.58. The van der Waals surface area contributed by atoms with Crippen molar-refractivity contribution in [3.63, 3.8) is 0 Å². The minimum Gasteiger partial charge on any atom is -0.454 e. The highest BCUT2D eigenvalue weighted by Crippen LogP contribution is 2.32. The molecule has 108 valence electrons. The molecule has 0 radical (unpaired) electrons. The lowest BCUT2D eigenvalue weighted by Gasteiger charge is -2.13. The molecule has 0 aromatic heterocycles. The predicted octanol–water partition coefficient (Wildman–Crippen LogP) is -1.11. The Morgan fingerprint density at radius 2 is 2.05 bits per heavy atom. The Hall–Kier alpha value is -2.28. The van der Waals surface area contributed by atoms with E-state index in [0.717, 1.165) is 22.0 Å². The van der Waals surface area contributed by atoms with Gasteiger partial charge in [-0.05, 0) is 18.2 Å². The molecule has 20 heavy (non-hydrogen) atoms. The molecular formula is C13H18N3O4+. The second-order valence-corrected chi connectivity index (χ2v) is 4.63. The van der Waals surface area contributed by atoms with Gasteiger partial charge in [0.15, 0.2) is 18.0 Å². The van der Waals surface area contributed by atoms with Crippen LogP contribution < -0.4 is 25.0 Å². The van der Waals surface area contributed by atoms with Gasteiger partial charge in [-0.1, -0.05) is 0 Å². The fourth-order valence-electron chi connectivity index (χ4n) is 1.97. The number of rotatable bonds is 4. The number of ether oxygens (including phenoxy) is 2. The molecular weight excluding hydrogens is 262 g/mol. The van der Waals surface area contributed by atoms with Gasteiger partial charge in [0.05, 0.1) is 7.05 Å². The predicted molar refractivity (Wildman–Crippen MR) is 70.6 cm³/mol. The van der Waals surface area contributed by atoms with Crippen LogP contribution in [0.5, 0.6) is 11.5 Å². The first kappa shape index (κ1) is 14.1. The van der Waals surface area contributed by atoms with Crippen LogP contribution in [-0.2, 0) is 11.3 Å². The van der Waals surface area contributed by atoms with Gasteiger partial charge in [-0.25, -0.2) is 4.79 Å². The molecule has 7 nitrogen and oxygen atoms in total. The SMILES string of the molecule is CNC(=O)NC(=O)C[NH+](C)Cc1ccc2c(c1)OCO2. The van der Waals surface area contributed by atoms with Crippen molar-refractivity contribution in [2.24, 2.45) is 0 Å². The standard InChI is InChI=1S/C13H17N3O4/c1-14-13(18)15-12(17)7-16(2)6-9-3-4-10-11(5-9)20-8-19-10/h3-5H,6-8H2,1-2H3,(H2,14,15,17,18)/p+1. The molecule has 1 atom stereocenters. The number of benzene rings is 1. The van der Waals surface area contributed by atoms with Crippen molar-refractivity contribution in [2.45, 2.75) is 6.54 Å². The van der Waals surface area contributed by atoms with E-state index in [-0.39, 0.29) is 19.2 Å². The highest BCUT2D eigenvalue weighted by Gasteiger charge is 2.16. The summed E-state index contributed by atoms with van der Waals surface area (Å²) in [5.74, 6) is 1.15. The summed E-state index contributed by atoms with van der Waals surface area (Å²) in [5, 5.41) is 4.57. The molecule has 3 N–H and O–H groups in total.